The summed E-state index contributed by atoms with van der Waals surface area (Å²) in [7, 11) is 3.17. The third-order valence-electron chi connectivity index (χ3n) is 7.88. The van der Waals surface area contributed by atoms with Crippen LogP contribution in [0.2, 0.25) is 0 Å². The Morgan fingerprint density at radius 2 is 1.87 bits per heavy atom. The number of nitrogens with zero attached hydrogens (tertiary/aromatic N) is 2. The maximum atomic E-state index is 13.0. The van der Waals surface area contributed by atoms with Crippen molar-refractivity contribution in [3.63, 3.8) is 0 Å². The Morgan fingerprint density at radius 1 is 1.08 bits per heavy atom. The summed E-state index contributed by atoms with van der Waals surface area (Å²) in [5.41, 5.74) is 4.73. The van der Waals surface area contributed by atoms with Crippen LogP contribution < -0.4 is 20.9 Å². The van der Waals surface area contributed by atoms with E-state index in [1.54, 1.807) is 18.7 Å². The average molecular weight is 535 g/mol. The quantitative estimate of drug-likeness (QED) is 0.456. The fourth-order valence-electron chi connectivity index (χ4n) is 5.61. The van der Waals surface area contributed by atoms with Gasteiger partial charge in [-0.3, -0.25) is 9.59 Å². The van der Waals surface area contributed by atoms with Crippen molar-refractivity contribution in [3.8, 4) is 5.75 Å². The van der Waals surface area contributed by atoms with Gasteiger partial charge in [0.25, 0.3) is 11.5 Å². The Balaban J connectivity index is 1.20. The predicted molar refractivity (Wildman–Crippen MR) is 153 cm³/mol. The number of ether oxygens (including phenoxy) is 1. The van der Waals surface area contributed by atoms with Crippen molar-refractivity contribution in [2.45, 2.75) is 38.3 Å². The molecule has 1 fully saturated rings. The van der Waals surface area contributed by atoms with E-state index in [-0.39, 0.29) is 11.5 Å². The Bertz CT molecular complexity index is 1420. The average Bonchev–Trinajstić information content (AvgIpc) is 2.96. The monoisotopic (exact) mass is 534 g/mol. The molecule has 1 saturated heterocycles. The van der Waals surface area contributed by atoms with Gasteiger partial charge in [0.2, 0.25) is 0 Å². The molecule has 200 valence electrons. The molecule has 2 N–H and O–H groups in total. The van der Waals surface area contributed by atoms with Gasteiger partial charge in [-0.1, -0.05) is 35.9 Å². The molecular weight excluding hydrogens is 500 g/mol. The lowest BCUT2D eigenvalue weighted by atomic mass is 9.91. The van der Waals surface area contributed by atoms with Gasteiger partial charge in [0.05, 0.1) is 18.2 Å². The second-order valence-corrected chi connectivity index (χ2v) is 10.5. The van der Waals surface area contributed by atoms with E-state index < -0.39 is 0 Å². The van der Waals surface area contributed by atoms with Gasteiger partial charge in [-0.2, -0.15) is 0 Å². The summed E-state index contributed by atoms with van der Waals surface area (Å²) in [5.74, 6) is 0.386. The van der Waals surface area contributed by atoms with E-state index in [0.29, 0.717) is 29.4 Å². The van der Waals surface area contributed by atoms with E-state index in [1.807, 2.05) is 18.2 Å². The van der Waals surface area contributed by atoms with E-state index in [4.69, 9.17) is 16.3 Å². The van der Waals surface area contributed by atoms with E-state index in [1.165, 1.54) is 22.8 Å². The lowest BCUT2D eigenvalue weighted by molar-refractivity contribution is 0.0964. The van der Waals surface area contributed by atoms with Crippen LogP contribution in [0.3, 0.4) is 0 Å². The van der Waals surface area contributed by atoms with Crippen LogP contribution >= 0.6 is 11.6 Å². The van der Waals surface area contributed by atoms with Gasteiger partial charge >= 0.3 is 0 Å². The molecule has 2 aliphatic rings. The van der Waals surface area contributed by atoms with Gasteiger partial charge in [0.15, 0.2) is 0 Å². The number of benzene rings is 2. The van der Waals surface area contributed by atoms with Crippen molar-refractivity contribution in [1.29, 1.82) is 0 Å². The van der Waals surface area contributed by atoms with Gasteiger partial charge in [-0.25, -0.2) is 0 Å². The standard InChI is InChI=1S/C30H35ClN4O3/c1-32-30(37)26-18-28(36)35(27-17-23(38-2)9-10-25(26)27)16-15-34-13-11-22(12-14-34)33-19-21-8-7-20-5-3-4-6-24(20)29(21)31/h3-6,9-10,17-18,22,33H,7-8,11-16,19H2,1-2H3,(H,32,37). The highest BCUT2D eigenvalue weighted by Crippen LogP contribution is 2.33. The minimum Gasteiger partial charge on any atom is -0.497 e. The first kappa shape index (κ1) is 26.5. The largest absolute Gasteiger partial charge is 0.497 e. The van der Waals surface area contributed by atoms with Gasteiger partial charge in [-0.05, 0) is 67.6 Å². The number of carbonyl (C=O) groups is 1. The number of fused-ring (bicyclic) bond motifs is 2. The van der Waals surface area contributed by atoms with E-state index in [9.17, 15) is 9.59 Å². The normalized spacial score (nSPS) is 16.5. The zero-order chi connectivity index (χ0) is 26.6. The molecule has 2 aromatic carbocycles. The number of carbonyl (C=O) groups excluding carboxylic acids is 1. The minimum absolute atomic E-state index is 0.180. The number of hydrogen-bond acceptors (Lipinski definition) is 5. The van der Waals surface area contributed by atoms with E-state index in [2.05, 4.69) is 39.8 Å². The van der Waals surface area contributed by atoms with Crippen LogP contribution in [0.25, 0.3) is 15.9 Å². The minimum atomic E-state index is -0.270. The number of halogens is 1. The maximum Gasteiger partial charge on any atom is 0.251 e. The molecule has 3 aromatic rings. The Labute approximate surface area is 228 Å². The smallest absolute Gasteiger partial charge is 0.251 e. The summed E-state index contributed by atoms with van der Waals surface area (Å²) in [4.78, 5) is 27.8. The van der Waals surface area contributed by atoms with Crippen LogP contribution in [0.15, 0.2) is 58.9 Å². The van der Waals surface area contributed by atoms with Crippen molar-refractivity contribution in [2.24, 2.45) is 0 Å². The zero-order valence-corrected chi connectivity index (χ0v) is 22.8. The van der Waals surface area contributed by atoms with Gasteiger partial charge in [0.1, 0.15) is 5.75 Å². The Morgan fingerprint density at radius 3 is 2.63 bits per heavy atom. The first-order chi connectivity index (χ1) is 18.5. The molecule has 0 saturated carbocycles. The van der Waals surface area contributed by atoms with Crippen molar-refractivity contribution in [3.05, 3.63) is 81.1 Å². The summed E-state index contributed by atoms with van der Waals surface area (Å²) >= 11 is 6.74. The Kier molecular flexibility index (Phi) is 8.17. The molecule has 0 spiro atoms. The summed E-state index contributed by atoms with van der Waals surface area (Å²) in [6, 6.07) is 15.8. The summed E-state index contributed by atoms with van der Waals surface area (Å²) in [6.07, 6.45) is 4.17. The zero-order valence-electron chi connectivity index (χ0n) is 22.1. The molecule has 0 unspecified atom stereocenters. The summed E-state index contributed by atoms with van der Waals surface area (Å²) < 4.78 is 7.15. The van der Waals surface area contributed by atoms with Crippen LogP contribution in [0, 0.1) is 0 Å². The molecular formula is C30H35ClN4O3. The van der Waals surface area contributed by atoms with Gasteiger partial charge in [0, 0.05) is 55.3 Å². The lowest BCUT2D eigenvalue weighted by Crippen LogP contribution is -2.44. The van der Waals surface area contributed by atoms with Crippen LogP contribution in [0.5, 0.6) is 5.75 Å². The van der Waals surface area contributed by atoms with E-state index >= 15 is 0 Å². The lowest BCUT2D eigenvalue weighted by Gasteiger charge is -2.33. The summed E-state index contributed by atoms with van der Waals surface area (Å²) in [5, 5.41) is 8.02. The molecule has 0 radical (unpaired) electrons. The predicted octanol–water partition coefficient (Wildman–Crippen LogP) is 4.02. The first-order valence-electron chi connectivity index (χ1n) is 13.3. The molecule has 8 heteroatoms. The number of piperidine rings is 1. The van der Waals surface area contributed by atoms with Crippen molar-refractivity contribution >= 4 is 33.4 Å². The fourth-order valence-corrected chi connectivity index (χ4v) is 5.96. The highest BCUT2D eigenvalue weighted by atomic mass is 35.5. The highest BCUT2D eigenvalue weighted by Gasteiger charge is 2.22. The number of pyridine rings is 1. The topological polar surface area (TPSA) is 75.6 Å². The number of aromatic nitrogens is 1. The molecule has 1 aliphatic heterocycles. The SMILES string of the molecule is CNC(=O)c1cc(=O)n(CCN2CCC(NCC3=C(Cl)c4ccccc4CC3)CC2)c2cc(OC)ccc12. The molecule has 2 heterocycles. The molecule has 7 nitrogen and oxygen atoms in total. The first-order valence-corrected chi connectivity index (χ1v) is 13.7. The number of amides is 1. The molecule has 1 amide bonds. The number of nitrogens with one attached hydrogen (secondary N) is 2. The fraction of sp³-hybridized carbons (Fsp3) is 0.400. The van der Waals surface area contributed by atoms with Gasteiger partial charge < -0.3 is 24.8 Å². The number of hydrogen-bond donors (Lipinski definition) is 2. The molecule has 1 aromatic heterocycles. The second-order valence-electron chi connectivity index (χ2n) is 10.1. The maximum absolute atomic E-state index is 13.0. The number of aryl methyl sites for hydroxylation is 1. The number of likely N-dealkylation sites (tertiary alicyclic amines) is 1. The van der Waals surface area contributed by atoms with Crippen molar-refractivity contribution < 1.29 is 9.53 Å². The number of methoxy groups -OCH3 is 1. The van der Waals surface area contributed by atoms with E-state index in [0.717, 1.165) is 62.3 Å². The highest BCUT2D eigenvalue weighted by molar-refractivity contribution is 6.49. The van der Waals surface area contributed by atoms with Crippen LogP contribution in [-0.2, 0) is 13.0 Å². The molecule has 38 heavy (non-hydrogen) atoms. The summed E-state index contributed by atoms with van der Waals surface area (Å²) in [6.45, 7) is 4.10. The van der Waals surface area contributed by atoms with Crippen LogP contribution in [-0.4, -0.2) is 61.8 Å². The Hall–Kier alpha value is -3.13. The molecule has 5 rings (SSSR count). The second kappa shape index (κ2) is 11.7. The molecule has 1 aliphatic carbocycles. The third-order valence-corrected chi connectivity index (χ3v) is 8.35. The van der Waals surface area contributed by atoms with Crippen LogP contribution in [0.1, 0.15) is 40.7 Å². The van der Waals surface area contributed by atoms with Crippen molar-refractivity contribution in [2.75, 3.05) is 40.3 Å². The molecule has 0 bridgehead atoms. The van der Waals surface area contributed by atoms with Crippen LogP contribution in [0.4, 0.5) is 0 Å². The molecule has 0 atom stereocenters. The number of rotatable bonds is 8. The van der Waals surface area contributed by atoms with Crippen molar-refractivity contribution in [1.82, 2.24) is 20.1 Å². The third kappa shape index (κ3) is 5.51. The van der Waals surface area contributed by atoms with Gasteiger partial charge in [-0.15, -0.1) is 0 Å².